The number of halogens is 1. The summed E-state index contributed by atoms with van der Waals surface area (Å²) in [5, 5.41) is 15.7. The number of piperazine rings is 3. The van der Waals surface area contributed by atoms with Gasteiger partial charge in [0.25, 0.3) is 0 Å². The Hall–Kier alpha value is -8.08. The fourth-order valence-corrected chi connectivity index (χ4v) is 9.16. The molecular formula is C48H61ClN18O5. The van der Waals surface area contributed by atoms with Gasteiger partial charge in [0, 0.05) is 132 Å². The van der Waals surface area contributed by atoms with E-state index in [1.54, 1.807) is 45.9 Å². The Labute approximate surface area is 422 Å². The van der Waals surface area contributed by atoms with Crippen molar-refractivity contribution in [2.75, 3.05) is 115 Å². The summed E-state index contributed by atoms with van der Waals surface area (Å²) in [6.45, 7) is 17.0. The molecule has 3 fully saturated rings. The van der Waals surface area contributed by atoms with Gasteiger partial charge >= 0.3 is 12.2 Å². The lowest BCUT2D eigenvalue weighted by Crippen LogP contribution is -2.58. The SMILES string of the molecule is CCOC(=O)N1CCN(c2ccc(Nc3nc(N)n(-c4ccnc(Cl)c4)n3)cc2)CC1.CCOC(=O)N1CCN(c2ccc(Nc3nc(N)n(-c4ccnc(N5C[C@@H](C)N(C(C)=O)[C@@H](C)C5)c4)n3)cc2)CC1. The zero-order chi connectivity index (χ0) is 50.9. The molecule has 0 saturated carbocycles. The molecule has 0 aliphatic carbocycles. The molecule has 6 N–H and O–H groups in total. The second-order valence-corrected chi connectivity index (χ2v) is 17.7. The summed E-state index contributed by atoms with van der Waals surface area (Å²) in [5.41, 5.74) is 17.5. The van der Waals surface area contributed by atoms with Gasteiger partial charge in [-0.25, -0.2) is 19.6 Å². The average molecular weight is 1010 g/mol. The molecule has 72 heavy (non-hydrogen) atoms. The standard InChI is InChI=1S/C28H38N10O3.C20H23ClN8O2/c1-5-41-28(40)35-14-12-34(13-15-35)23-8-6-22(7-9-23)31-27-32-26(29)38(33-27)24-10-11-30-25(16-24)36-17-19(2)37(21(4)39)20(3)18-36;1-2-31-20(30)28-11-9-27(10-12-28)15-5-3-14(4-6-15)24-19-25-18(22)29(26-19)16-7-8-23-17(21)13-16/h6-11,16,19-20H,5,12-15,17-18H2,1-4H3,(H3,29,31,32,33);3-8,13H,2,9-12H2,1H3,(H3,22,24,25,26)/t19-,20+;. The largest absolute Gasteiger partial charge is 0.450 e. The molecule has 3 aliphatic rings. The number of rotatable bonds is 11. The maximum atomic E-state index is 12.0. The summed E-state index contributed by atoms with van der Waals surface area (Å²) in [7, 11) is 0. The van der Waals surface area contributed by atoms with Crippen LogP contribution in [0.4, 0.5) is 61.9 Å². The average Bonchev–Trinajstić information content (AvgIpc) is 3.94. The molecule has 4 aromatic heterocycles. The van der Waals surface area contributed by atoms with E-state index >= 15 is 0 Å². The predicted molar refractivity (Wildman–Crippen MR) is 277 cm³/mol. The first-order valence-electron chi connectivity index (χ1n) is 23.9. The highest BCUT2D eigenvalue weighted by Crippen LogP contribution is 2.27. The number of anilines is 9. The fourth-order valence-electron chi connectivity index (χ4n) is 8.99. The molecule has 2 aromatic carbocycles. The Morgan fingerprint density at radius 2 is 1.04 bits per heavy atom. The molecule has 9 rings (SSSR count). The van der Waals surface area contributed by atoms with Crippen molar-refractivity contribution in [3.8, 4) is 11.4 Å². The molecule has 380 valence electrons. The van der Waals surface area contributed by atoms with Crippen molar-refractivity contribution in [2.45, 2.75) is 46.7 Å². The van der Waals surface area contributed by atoms with Gasteiger partial charge in [-0.1, -0.05) is 11.6 Å². The third-order valence-corrected chi connectivity index (χ3v) is 12.6. The van der Waals surface area contributed by atoms with Crippen LogP contribution in [0.1, 0.15) is 34.6 Å². The van der Waals surface area contributed by atoms with E-state index in [0.29, 0.717) is 75.2 Å². The lowest BCUT2D eigenvalue weighted by molar-refractivity contribution is -0.133. The topological polar surface area (TPSA) is 252 Å². The van der Waals surface area contributed by atoms with E-state index in [0.717, 1.165) is 60.4 Å². The first kappa shape index (κ1) is 50.3. The maximum Gasteiger partial charge on any atom is 0.409 e. The molecule has 24 heteroatoms. The number of nitrogens with zero attached hydrogens (tertiary/aromatic N) is 14. The Bertz CT molecular complexity index is 2780. The third-order valence-electron chi connectivity index (χ3n) is 12.4. The quantitative estimate of drug-likeness (QED) is 0.115. The minimum absolute atomic E-state index is 0.0783. The number of benzene rings is 2. The summed E-state index contributed by atoms with van der Waals surface area (Å²) in [6.07, 6.45) is 2.81. The number of nitrogens with one attached hydrogen (secondary N) is 2. The van der Waals surface area contributed by atoms with Crippen LogP contribution in [-0.2, 0) is 14.3 Å². The molecule has 0 bridgehead atoms. The fraction of sp³-hybridized carbons (Fsp3) is 0.396. The van der Waals surface area contributed by atoms with Crippen molar-refractivity contribution >= 4 is 82.1 Å². The molecule has 0 unspecified atom stereocenters. The van der Waals surface area contributed by atoms with Gasteiger partial charge in [-0.05, 0) is 88.4 Å². The molecule has 7 heterocycles. The van der Waals surface area contributed by atoms with E-state index in [9.17, 15) is 14.4 Å². The number of aromatic nitrogens is 8. The van der Waals surface area contributed by atoms with Crippen LogP contribution >= 0.6 is 11.6 Å². The Balaban J connectivity index is 0.000000200. The van der Waals surface area contributed by atoms with Crippen LogP contribution in [0.15, 0.2) is 85.2 Å². The van der Waals surface area contributed by atoms with E-state index in [4.69, 9.17) is 32.5 Å². The van der Waals surface area contributed by atoms with Crippen molar-refractivity contribution in [1.29, 1.82) is 0 Å². The van der Waals surface area contributed by atoms with Crippen LogP contribution in [0.2, 0.25) is 5.15 Å². The van der Waals surface area contributed by atoms with Crippen molar-refractivity contribution < 1.29 is 23.9 Å². The molecular weight excluding hydrogens is 944 g/mol. The molecule has 3 aliphatic heterocycles. The minimum atomic E-state index is -0.252. The van der Waals surface area contributed by atoms with Gasteiger partial charge in [-0.15, -0.1) is 10.2 Å². The third kappa shape index (κ3) is 12.1. The van der Waals surface area contributed by atoms with Crippen LogP contribution < -0.4 is 36.8 Å². The zero-order valence-electron chi connectivity index (χ0n) is 41.1. The van der Waals surface area contributed by atoms with Crippen LogP contribution in [0, 0.1) is 0 Å². The van der Waals surface area contributed by atoms with Crippen molar-refractivity contribution in [3.63, 3.8) is 0 Å². The van der Waals surface area contributed by atoms with Crippen LogP contribution in [-0.4, -0.2) is 163 Å². The Kier molecular flexibility index (Phi) is 15.9. The highest BCUT2D eigenvalue weighted by atomic mass is 35.5. The highest BCUT2D eigenvalue weighted by molar-refractivity contribution is 6.29. The lowest BCUT2D eigenvalue weighted by Gasteiger charge is -2.44. The van der Waals surface area contributed by atoms with E-state index in [1.807, 2.05) is 79.4 Å². The number of ether oxygens (including phenoxy) is 2. The van der Waals surface area contributed by atoms with Crippen molar-refractivity contribution in [3.05, 3.63) is 90.3 Å². The predicted octanol–water partition coefficient (Wildman–Crippen LogP) is 5.63. The number of pyridine rings is 2. The Morgan fingerprint density at radius 1 is 0.611 bits per heavy atom. The molecule has 3 saturated heterocycles. The normalized spacial score (nSPS) is 17.0. The van der Waals surface area contributed by atoms with E-state index in [1.165, 1.54) is 4.68 Å². The summed E-state index contributed by atoms with van der Waals surface area (Å²) >= 11 is 5.94. The maximum absolute atomic E-state index is 12.0. The van der Waals surface area contributed by atoms with Crippen molar-refractivity contribution in [1.82, 2.24) is 54.2 Å². The molecule has 0 radical (unpaired) electrons. The molecule has 0 spiro atoms. The Morgan fingerprint density at radius 3 is 1.46 bits per heavy atom. The number of nitrogens with two attached hydrogens (primary N) is 2. The molecule has 3 amide bonds. The number of amides is 3. The summed E-state index contributed by atoms with van der Waals surface area (Å²) < 4.78 is 13.3. The molecule has 23 nitrogen and oxygen atoms in total. The van der Waals surface area contributed by atoms with Gasteiger partial charge in [0.05, 0.1) is 24.6 Å². The summed E-state index contributed by atoms with van der Waals surface area (Å²) in [5.74, 6) is 2.14. The second-order valence-electron chi connectivity index (χ2n) is 17.3. The number of carbonyl (C=O) groups is 3. The van der Waals surface area contributed by atoms with E-state index < -0.39 is 0 Å². The van der Waals surface area contributed by atoms with Gasteiger partial charge < -0.3 is 61.0 Å². The van der Waals surface area contributed by atoms with Gasteiger partial charge in [0.2, 0.25) is 29.7 Å². The zero-order valence-corrected chi connectivity index (χ0v) is 41.8. The minimum Gasteiger partial charge on any atom is -0.450 e. The monoisotopic (exact) mass is 1000 g/mol. The van der Waals surface area contributed by atoms with Gasteiger partial charge in [0.15, 0.2) is 0 Å². The lowest BCUT2D eigenvalue weighted by atomic mass is 10.1. The molecule has 6 aromatic rings. The van der Waals surface area contributed by atoms with Crippen LogP contribution in [0.5, 0.6) is 0 Å². The van der Waals surface area contributed by atoms with Crippen LogP contribution in [0.25, 0.3) is 11.4 Å². The highest BCUT2D eigenvalue weighted by Gasteiger charge is 2.32. The second kappa shape index (κ2) is 22.8. The number of hydrogen-bond donors (Lipinski definition) is 4. The van der Waals surface area contributed by atoms with Gasteiger partial charge in [-0.3, -0.25) is 4.79 Å². The first-order valence-corrected chi connectivity index (χ1v) is 24.3. The van der Waals surface area contributed by atoms with Gasteiger partial charge in [0.1, 0.15) is 11.0 Å². The number of hydrogen-bond acceptors (Lipinski definition) is 18. The smallest absolute Gasteiger partial charge is 0.409 e. The molecule has 2 atom stereocenters. The number of carbonyl (C=O) groups excluding carboxylic acids is 3. The summed E-state index contributed by atoms with van der Waals surface area (Å²) in [6, 6.07) is 23.3. The van der Waals surface area contributed by atoms with E-state index in [-0.39, 0.29) is 42.1 Å². The van der Waals surface area contributed by atoms with Crippen LogP contribution in [0.3, 0.4) is 0 Å². The number of nitrogen functional groups attached to an aromatic ring is 2. The van der Waals surface area contributed by atoms with Crippen molar-refractivity contribution in [2.24, 2.45) is 0 Å². The van der Waals surface area contributed by atoms with E-state index in [2.05, 4.69) is 69.3 Å². The van der Waals surface area contributed by atoms with Gasteiger partial charge in [-0.2, -0.15) is 19.3 Å². The first-order chi connectivity index (χ1) is 34.8. The summed E-state index contributed by atoms with van der Waals surface area (Å²) in [4.78, 5) is 65.1.